The number of ether oxygens (including phenoxy) is 1. The van der Waals surface area contributed by atoms with E-state index in [0.29, 0.717) is 5.75 Å². The van der Waals surface area contributed by atoms with Gasteiger partial charge in [-0.1, -0.05) is 18.6 Å². The van der Waals surface area contributed by atoms with Gasteiger partial charge in [-0.15, -0.1) is 0 Å². The van der Waals surface area contributed by atoms with Crippen LogP contribution in [0.3, 0.4) is 0 Å². The van der Waals surface area contributed by atoms with E-state index < -0.39 is 0 Å². The molecule has 1 heterocycles. The van der Waals surface area contributed by atoms with Crippen LogP contribution in [0.4, 0.5) is 5.69 Å². The first-order valence-corrected chi connectivity index (χ1v) is 8.65. The third kappa shape index (κ3) is 4.51. The van der Waals surface area contributed by atoms with Gasteiger partial charge in [0.25, 0.3) is 5.91 Å². The van der Waals surface area contributed by atoms with E-state index in [0.717, 1.165) is 25.3 Å². The van der Waals surface area contributed by atoms with Crippen molar-refractivity contribution in [2.24, 2.45) is 0 Å². The van der Waals surface area contributed by atoms with Crippen LogP contribution in [0.5, 0.6) is 11.5 Å². The lowest BCUT2D eigenvalue weighted by Gasteiger charge is -2.26. The molecule has 0 saturated carbocycles. The second-order valence-corrected chi connectivity index (χ2v) is 6.37. The zero-order valence-electron chi connectivity index (χ0n) is 14.5. The molecule has 2 aromatic rings. The monoisotopic (exact) mass is 340 g/mol. The molecule has 1 aliphatic heterocycles. The first kappa shape index (κ1) is 17.3. The van der Waals surface area contributed by atoms with Crippen LogP contribution in [-0.4, -0.2) is 36.1 Å². The Labute approximate surface area is 148 Å². The Hall–Kier alpha value is -2.53. The molecule has 0 atom stereocenters. The zero-order valence-corrected chi connectivity index (χ0v) is 14.5. The van der Waals surface area contributed by atoms with Gasteiger partial charge in [0.15, 0.2) is 0 Å². The molecule has 0 bridgehead atoms. The van der Waals surface area contributed by atoms with Crippen molar-refractivity contribution in [2.45, 2.75) is 25.8 Å². The summed E-state index contributed by atoms with van der Waals surface area (Å²) in [4.78, 5) is 14.9. The van der Waals surface area contributed by atoms with Gasteiger partial charge in [-0.2, -0.15) is 0 Å². The van der Waals surface area contributed by atoms with Gasteiger partial charge in [0, 0.05) is 12.2 Å². The first-order chi connectivity index (χ1) is 12.2. The van der Waals surface area contributed by atoms with Crippen LogP contribution in [0.15, 0.2) is 42.5 Å². The van der Waals surface area contributed by atoms with Crippen molar-refractivity contribution in [3.63, 3.8) is 0 Å². The van der Waals surface area contributed by atoms with Gasteiger partial charge in [-0.05, 0) is 61.8 Å². The molecule has 1 amide bonds. The van der Waals surface area contributed by atoms with Crippen LogP contribution in [0, 0.1) is 0 Å². The Kier molecular flexibility index (Phi) is 5.56. The van der Waals surface area contributed by atoms with Gasteiger partial charge in [-0.3, -0.25) is 9.69 Å². The summed E-state index contributed by atoms with van der Waals surface area (Å²) < 4.78 is 5.12. The summed E-state index contributed by atoms with van der Waals surface area (Å²) in [6.07, 6.45) is 3.83. The number of aromatic hydroxyl groups is 1. The standard InChI is InChI=1S/C20H24N2O3/c1-25-17-8-9-19(23)18(13-17)20(24)21-16-7-5-6-15(12-16)14-22-10-3-2-4-11-22/h5-9,12-13,23H,2-4,10-11,14H2,1H3,(H,21,24). The van der Waals surface area contributed by atoms with E-state index in [1.165, 1.54) is 44.1 Å². The Bertz CT molecular complexity index is 739. The number of carbonyl (C=O) groups excluding carboxylic acids is 1. The van der Waals surface area contributed by atoms with E-state index >= 15 is 0 Å². The molecule has 2 aromatic carbocycles. The summed E-state index contributed by atoms with van der Waals surface area (Å²) in [6.45, 7) is 3.16. The van der Waals surface area contributed by atoms with Crippen molar-refractivity contribution in [3.8, 4) is 11.5 Å². The number of benzene rings is 2. The van der Waals surface area contributed by atoms with Crippen molar-refractivity contribution in [2.75, 3.05) is 25.5 Å². The van der Waals surface area contributed by atoms with Gasteiger partial charge < -0.3 is 15.2 Å². The molecule has 2 N–H and O–H groups in total. The lowest BCUT2D eigenvalue weighted by atomic mass is 10.1. The minimum atomic E-state index is -0.355. The number of nitrogens with zero attached hydrogens (tertiary/aromatic N) is 1. The van der Waals surface area contributed by atoms with Crippen LogP contribution in [0.1, 0.15) is 35.2 Å². The number of likely N-dealkylation sites (tertiary alicyclic amines) is 1. The average molecular weight is 340 g/mol. The lowest BCUT2D eigenvalue weighted by Crippen LogP contribution is -2.29. The highest BCUT2D eigenvalue weighted by Gasteiger charge is 2.14. The molecule has 132 valence electrons. The molecule has 0 radical (unpaired) electrons. The smallest absolute Gasteiger partial charge is 0.259 e. The number of phenolic OH excluding ortho intramolecular Hbond substituents is 1. The van der Waals surface area contributed by atoms with E-state index in [4.69, 9.17) is 4.74 Å². The van der Waals surface area contributed by atoms with Crippen molar-refractivity contribution in [1.29, 1.82) is 0 Å². The second-order valence-electron chi connectivity index (χ2n) is 6.37. The molecule has 3 rings (SSSR count). The third-order valence-electron chi connectivity index (χ3n) is 4.49. The number of carbonyl (C=O) groups is 1. The Balaban J connectivity index is 1.70. The molecule has 0 aliphatic carbocycles. The largest absolute Gasteiger partial charge is 0.507 e. The van der Waals surface area contributed by atoms with E-state index in [1.807, 2.05) is 18.2 Å². The van der Waals surface area contributed by atoms with Gasteiger partial charge in [0.1, 0.15) is 11.5 Å². The number of piperidine rings is 1. The molecule has 5 nitrogen and oxygen atoms in total. The SMILES string of the molecule is COc1ccc(O)c(C(=O)Nc2cccc(CN3CCCCC3)c2)c1. The fourth-order valence-corrected chi connectivity index (χ4v) is 3.15. The predicted molar refractivity (Wildman–Crippen MR) is 98.2 cm³/mol. The van der Waals surface area contributed by atoms with Crippen molar-refractivity contribution >= 4 is 11.6 Å². The van der Waals surface area contributed by atoms with Crippen molar-refractivity contribution in [3.05, 3.63) is 53.6 Å². The molecular formula is C20H24N2O3. The zero-order chi connectivity index (χ0) is 17.6. The fourth-order valence-electron chi connectivity index (χ4n) is 3.15. The fraction of sp³-hybridized carbons (Fsp3) is 0.350. The van der Waals surface area contributed by atoms with Crippen molar-refractivity contribution in [1.82, 2.24) is 4.90 Å². The highest BCUT2D eigenvalue weighted by Crippen LogP contribution is 2.24. The summed E-state index contributed by atoms with van der Waals surface area (Å²) in [7, 11) is 1.53. The number of hydrogen-bond acceptors (Lipinski definition) is 4. The molecule has 25 heavy (non-hydrogen) atoms. The summed E-state index contributed by atoms with van der Waals surface area (Å²) >= 11 is 0. The maximum absolute atomic E-state index is 12.5. The van der Waals surface area contributed by atoms with Gasteiger partial charge in [0.2, 0.25) is 0 Å². The van der Waals surface area contributed by atoms with E-state index in [-0.39, 0.29) is 17.2 Å². The first-order valence-electron chi connectivity index (χ1n) is 8.65. The normalized spacial score (nSPS) is 14.9. The van der Waals surface area contributed by atoms with E-state index in [9.17, 15) is 9.90 Å². The number of anilines is 1. The minimum absolute atomic E-state index is 0.0669. The van der Waals surface area contributed by atoms with Crippen LogP contribution in [0.25, 0.3) is 0 Å². The maximum Gasteiger partial charge on any atom is 0.259 e. The quantitative estimate of drug-likeness (QED) is 0.872. The van der Waals surface area contributed by atoms with Gasteiger partial charge in [-0.25, -0.2) is 0 Å². The Morgan fingerprint density at radius 1 is 1.16 bits per heavy atom. The van der Waals surface area contributed by atoms with Crippen LogP contribution >= 0.6 is 0 Å². The molecule has 1 fully saturated rings. The van der Waals surface area contributed by atoms with Gasteiger partial charge in [0.05, 0.1) is 12.7 Å². The third-order valence-corrected chi connectivity index (χ3v) is 4.49. The predicted octanol–water partition coefficient (Wildman–Crippen LogP) is 3.64. The van der Waals surface area contributed by atoms with E-state index in [1.54, 1.807) is 6.07 Å². The summed E-state index contributed by atoms with van der Waals surface area (Å²) in [5.41, 5.74) is 2.09. The van der Waals surface area contributed by atoms with Crippen LogP contribution < -0.4 is 10.1 Å². The van der Waals surface area contributed by atoms with E-state index in [2.05, 4.69) is 16.3 Å². The molecule has 5 heteroatoms. The van der Waals surface area contributed by atoms with Crippen molar-refractivity contribution < 1.29 is 14.6 Å². The molecule has 1 aliphatic rings. The molecular weight excluding hydrogens is 316 g/mol. The minimum Gasteiger partial charge on any atom is -0.507 e. The molecule has 0 spiro atoms. The summed E-state index contributed by atoms with van der Waals surface area (Å²) in [6, 6.07) is 12.5. The molecule has 1 saturated heterocycles. The second kappa shape index (κ2) is 8.03. The maximum atomic E-state index is 12.5. The number of phenols is 1. The number of nitrogens with one attached hydrogen (secondary N) is 1. The lowest BCUT2D eigenvalue weighted by molar-refractivity contribution is 0.102. The van der Waals surface area contributed by atoms with Crippen LogP contribution in [0.2, 0.25) is 0 Å². The summed E-state index contributed by atoms with van der Waals surface area (Å²) in [5.74, 6) is 0.107. The number of hydrogen-bond donors (Lipinski definition) is 2. The highest BCUT2D eigenvalue weighted by molar-refractivity contribution is 6.06. The Morgan fingerprint density at radius 2 is 1.96 bits per heavy atom. The number of amides is 1. The molecule has 0 aromatic heterocycles. The topological polar surface area (TPSA) is 61.8 Å². The van der Waals surface area contributed by atoms with Gasteiger partial charge >= 0.3 is 0 Å². The Morgan fingerprint density at radius 3 is 2.72 bits per heavy atom. The molecule has 0 unspecified atom stereocenters. The number of methoxy groups -OCH3 is 1. The van der Waals surface area contributed by atoms with Crippen LogP contribution in [-0.2, 0) is 6.54 Å². The average Bonchev–Trinajstić information content (AvgIpc) is 2.63. The highest BCUT2D eigenvalue weighted by atomic mass is 16.5. The number of rotatable bonds is 5. The summed E-state index contributed by atoms with van der Waals surface area (Å²) in [5, 5.41) is 12.8.